The van der Waals surface area contributed by atoms with Gasteiger partial charge < -0.3 is 4.90 Å². The molecule has 3 rings (SSSR count). The van der Waals surface area contributed by atoms with Crippen LogP contribution >= 0.6 is 0 Å². The van der Waals surface area contributed by atoms with Gasteiger partial charge >= 0.3 is 0 Å². The average Bonchev–Trinajstić information content (AvgIpc) is 2.97. The molecule has 0 aliphatic carbocycles. The maximum Gasteiger partial charge on any atom is 0.219 e. The Morgan fingerprint density at radius 1 is 1.12 bits per heavy atom. The van der Waals surface area contributed by atoms with Crippen molar-refractivity contribution in [3.8, 4) is 0 Å². The van der Waals surface area contributed by atoms with Gasteiger partial charge in [-0.2, -0.15) is 0 Å². The molecule has 2 saturated heterocycles. The van der Waals surface area contributed by atoms with Crippen molar-refractivity contribution in [3.63, 3.8) is 0 Å². The number of nitrogens with zero attached hydrogens (tertiary/aromatic N) is 3. The molecule has 2 aliphatic heterocycles. The van der Waals surface area contributed by atoms with Crippen LogP contribution in [-0.4, -0.2) is 65.9 Å². The van der Waals surface area contributed by atoms with Gasteiger partial charge in [0.1, 0.15) is 5.82 Å². The van der Waals surface area contributed by atoms with Gasteiger partial charge in [0, 0.05) is 58.3 Å². The van der Waals surface area contributed by atoms with Gasteiger partial charge in [0.05, 0.1) is 0 Å². The Hall–Kier alpha value is -1.46. The normalized spacial score (nSPS) is 27.4. The SMILES string of the molecule is CC(=O)N1CCN(C2CN(C(C)c3ccc(F)cc3)CC2C)CC1. The Balaban J connectivity index is 1.60. The molecule has 0 aromatic heterocycles. The monoisotopic (exact) mass is 333 g/mol. The molecule has 1 amide bonds. The maximum absolute atomic E-state index is 13.1. The first-order chi connectivity index (χ1) is 11.5. The summed E-state index contributed by atoms with van der Waals surface area (Å²) in [6.07, 6.45) is 0. The van der Waals surface area contributed by atoms with E-state index < -0.39 is 0 Å². The van der Waals surface area contributed by atoms with Crippen LogP contribution in [0.25, 0.3) is 0 Å². The van der Waals surface area contributed by atoms with E-state index in [-0.39, 0.29) is 11.7 Å². The summed E-state index contributed by atoms with van der Waals surface area (Å²) in [6, 6.07) is 7.72. The molecule has 24 heavy (non-hydrogen) atoms. The minimum atomic E-state index is -0.179. The van der Waals surface area contributed by atoms with Crippen LogP contribution in [0.1, 0.15) is 32.4 Å². The number of benzene rings is 1. The van der Waals surface area contributed by atoms with Crippen LogP contribution in [0.15, 0.2) is 24.3 Å². The summed E-state index contributed by atoms with van der Waals surface area (Å²) in [5.74, 6) is 0.611. The molecule has 4 nitrogen and oxygen atoms in total. The summed E-state index contributed by atoms with van der Waals surface area (Å²) in [7, 11) is 0. The lowest BCUT2D eigenvalue weighted by atomic mass is 10.0. The van der Waals surface area contributed by atoms with Crippen LogP contribution in [0.3, 0.4) is 0 Å². The van der Waals surface area contributed by atoms with E-state index in [2.05, 4.69) is 23.6 Å². The van der Waals surface area contributed by atoms with Crippen molar-refractivity contribution in [2.45, 2.75) is 32.9 Å². The highest BCUT2D eigenvalue weighted by Gasteiger charge is 2.37. The maximum atomic E-state index is 13.1. The summed E-state index contributed by atoms with van der Waals surface area (Å²) in [5, 5.41) is 0. The van der Waals surface area contributed by atoms with Crippen LogP contribution in [0.2, 0.25) is 0 Å². The summed E-state index contributed by atoms with van der Waals surface area (Å²) in [5.41, 5.74) is 1.17. The van der Waals surface area contributed by atoms with E-state index in [9.17, 15) is 9.18 Å². The van der Waals surface area contributed by atoms with E-state index in [1.165, 1.54) is 5.56 Å². The molecule has 3 atom stereocenters. The average molecular weight is 333 g/mol. The molecule has 0 spiro atoms. The lowest BCUT2D eigenvalue weighted by Gasteiger charge is -2.39. The minimum absolute atomic E-state index is 0.179. The molecule has 0 bridgehead atoms. The van der Waals surface area contributed by atoms with Gasteiger partial charge in [-0.05, 0) is 30.5 Å². The van der Waals surface area contributed by atoms with Crippen LogP contribution in [0.4, 0.5) is 4.39 Å². The summed E-state index contributed by atoms with van der Waals surface area (Å²) >= 11 is 0. The van der Waals surface area contributed by atoms with Crippen LogP contribution in [0.5, 0.6) is 0 Å². The van der Waals surface area contributed by atoms with Gasteiger partial charge in [-0.25, -0.2) is 4.39 Å². The summed E-state index contributed by atoms with van der Waals surface area (Å²) in [4.78, 5) is 18.5. The largest absolute Gasteiger partial charge is 0.340 e. The molecular weight excluding hydrogens is 305 g/mol. The fourth-order valence-corrected chi connectivity index (χ4v) is 4.10. The van der Waals surface area contributed by atoms with Gasteiger partial charge in [-0.3, -0.25) is 14.6 Å². The summed E-state index contributed by atoms with van der Waals surface area (Å²) in [6.45, 7) is 11.9. The Morgan fingerprint density at radius 2 is 1.75 bits per heavy atom. The fourth-order valence-electron chi connectivity index (χ4n) is 4.10. The standard InChI is InChI=1S/C19H28FN3O/c1-14-12-23(15(2)17-4-6-18(20)7-5-17)13-19(14)22-10-8-21(9-11-22)16(3)24/h4-7,14-15,19H,8-13H2,1-3H3. The zero-order chi connectivity index (χ0) is 17.3. The zero-order valence-corrected chi connectivity index (χ0v) is 14.9. The summed E-state index contributed by atoms with van der Waals surface area (Å²) < 4.78 is 13.1. The van der Waals surface area contributed by atoms with Gasteiger partial charge in [0.2, 0.25) is 5.91 Å². The number of likely N-dealkylation sites (tertiary alicyclic amines) is 1. The molecule has 1 aromatic carbocycles. The van der Waals surface area contributed by atoms with Crippen molar-refractivity contribution in [1.82, 2.24) is 14.7 Å². The Labute approximate surface area is 144 Å². The number of piperazine rings is 1. The number of hydrogen-bond acceptors (Lipinski definition) is 3. The van der Waals surface area contributed by atoms with Crippen molar-refractivity contribution >= 4 is 5.91 Å². The first-order valence-corrected chi connectivity index (χ1v) is 8.95. The van der Waals surface area contributed by atoms with Gasteiger partial charge in [-0.15, -0.1) is 0 Å². The number of amides is 1. The first-order valence-electron chi connectivity index (χ1n) is 8.95. The molecule has 2 aliphatic rings. The van der Waals surface area contributed by atoms with Crippen molar-refractivity contribution in [3.05, 3.63) is 35.6 Å². The number of hydrogen-bond donors (Lipinski definition) is 0. The molecule has 2 heterocycles. The Kier molecular flexibility index (Phi) is 5.21. The Bertz CT molecular complexity index is 568. The predicted molar refractivity (Wildman–Crippen MR) is 93.2 cm³/mol. The quantitative estimate of drug-likeness (QED) is 0.850. The molecule has 0 radical (unpaired) electrons. The lowest BCUT2D eigenvalue weighted by molar-refractivity contribution is -0.130. The highest BCUT2D eigenvalue weighted by atomic mass is 19.1. The van der Waals surface area contributed by atoms with Crippen molar-refractivity contribution in [1.29, 1.82) is 0 Å². The van der Waals surface area contributed by atoms with Crippen LogP contribution in [0, 0.1) is 11.7 Å². The third-order valence-corrected chi connectivity index (χ3v) is 5.73. The second-order valence-corrected chi connectivity index (χ2v) is 7.27. The number of carbonyl (C=O) groups excluding carboxylic acids is 1. The molecular formula is C19H28FN3O. The van der Waals surface area contributed by atoms with E-state index in [4.69, 9.17) is 0 Å². The molecule has 132 valence electrons. The molecule has 2 fully saturated rings. The zero-order valence-electron chi connectivity index (χ0n) is 14.9. The highest BCUT2D eigenvalue weighted by Crippen LogP contribution is 2.30. The molecule has 0 saturated carbocycles. The Morgan fingerprint density at radius 3 is 2.33 bits per heavy atom. The lowest BCUT2D eigenvalue weighted by Crippen LogP contribution is -2.53. The number of halogens is 1. The van der Waals surface area contributed by atoms with Crippen LogP contribution < -0.4 is 0 Å². The minimum Gasteiger partial charge on any atom is -0.340 e. The van der Waals surface area contributed by atoms with E-state index in [0.29, 0.717) is 18.0 Å². The topological polar surface area (TPSA) is 26.8 Å². The second-order valence-electron chi connectivity index (χ2n) is 7.27. The third kappa shape index (κ3) is 3.62. The van der Waals surface area contributed by atoms with Gasteiger partial charge in [0.25, 0.3) is 0 Å². The van der Waals surface area contributed by atoms with Crippen molar-refractivity contribution in [2.24, 2.45) is 5.92 Å². The fraction of sp³-hybridized carbons (Fsp3) is 0.632. The van der Waals surface area contributed by atoms with E-state index in [1.54, 1.807) is 19.1 Å². The molecule has 3 unspecified atom stereocenters. The van der Waals surface area contributed by atoms with Crippen molar-refractivity contribution < 1.29 is 9.18 Å². The second kappa shape index (κ2) is 7.19. The number of rotatable bonds is 3. The molecule has 0 N–H and O–H groups in total. The van der Waals surface area contributed by atoms with E-state index in [1.807, 2.05) is 17.0 Å². The van der Waals surface area contributed by atoms with E-state index in [0.717, 1.165) is 39.3 Å². The molecule has 1 aromatic rings. The highest BCUT2D eigenvalue weighted by molar-refractivity contribution is 5.73. The predicted octanol–water partition coefficient (Wildman–Crippen LogP) is 2.37. The third-order valence-electron chi connectivity index (χ3n) is 5.73. The van der Waals surface area contributed by atoms with E-state index >= 15 is 0 Å². The first kappa shape index (κ1) is 17.4. The van der Waals surface area contributed by atoms with Gasteiger partial charge in [-0.1, -0.05) is 19.1 Å². The van der Waals surface area contributed by atoms with Crippen LogP contribution in [-0.2, 0) is 4.79 Å². The smallest absolute Gasteiger partial charge is 0.219 e. The number of carbonyl (C=O) groups is 1. The molecule has 5 heteroatoms. The van der Waals surface area contributed by atoms with Crippen molar-refractivity contribution in [2.75, 3.05) is 39.3 Å². The van der Waals surface area contributed by atoms with Gasteiger partial charge in [0.15, 0.2) is 0 Å².